The molecule has 4 aromatic rings. The highest BCUT2D eigenvalue weighted by Crippen LogP contribution is 2.32. The number of fused-ring (bicyclic) bond motifs is 4. The van der Waals surface area contributed by atoms with Gasteiger partial charge in [0.25, 0.3) is 0 Å². The van der Waals surface area contributed by atoms with Crippen LogP contribution in [0.25, 0.3) is 32.3 Å². The van der Waals surface area contributed by atoms with Crippen molar-refractivity contribution < 1.29 is 4.74 Å². The van der Waals surface area contributed by atoms with Crippen molar-refractivity contribution in [3.63, 3.8) is 0 Å². The van der Waals surface area contributed by atoms with Gasteiger partial charge in [-0.2, -0.15) is 0 Å². The molecule has 0 heterocycles. The van der Waals surface area contributed by atoms with Crippen LogP contribution in [0, 0.1) is 0 Å². The first-order chi connectivity index (χ1) is 11.4. The number of benzene rings is 4. The van der Waals surface area contributed by atoms with Gasteiger partial charge in [-0.15, -0.1) is 0 Å². The predicted octanol–water partition coefficient (Wildman–Crippen LogP) is 6.07. The third-order valence-electron chi connectivity index (χ3n) is 4.42. The van der Waals surface area contributed by atoms with E-state index in [1.807, 2.05) is 0 Å². The number of rotatable bonds is 4. The lowest BCUT2D eigenvalue weighted by Gasteiger charge is -2.11. The fraction of sp³-hybridized carbons (Fsp3) is 0.182. The molecule has 4 aromatic carbocycles. The van der Waals surface area contributed by atoms with Gasteiger partial charge in [0.15, 0.2) is 0 Å². The topological polar surface area (TPSA) is 9.23 Å². The summed E-state index contributed by atoms with van der Waals surface area (Å²) in [4.78, 5) is 0. The van der Waals surface area contributed by atoms with Crippen LogP contribution < -0.4 is 0 Å². The first-order valence-electron chi connectivity index (χ1n) is 8.27. The minimum Gasteiger partial charge on any atom is -0.377 e. The molecule has 0 aliphatic heterocycles. The molecule has 4 rings (SSSR count). The van der Waals surface area contributed by atoms with E-state index in [0.29, 0.717) is 6.61 Å². The highest BCUT2D eigenvalue weighted by atomic mass is 16.5. The maximum absolute atomic E-state index is 5.81. The van der Waals surface area contributed by atoms with Crippen LogP contribution >= 0.6 is 0 Å². The predicted molar refractivity (Wildman–Crippen MR) is 98.9 cm³/mol. The van der Waals surface area contributed by atoms with Gasteiger partial charge in [0.2, 0.25) is 0 Å². The Labute approximate surface area is 136 Å². The molecular formula is C22H20O. The lowest BCUT2D eigenvalue weighted by atomic mass is 9.95. The lowest BCUT2D eigenvalue weighted by Crippen LogP contribution is -1.95. The molecule has 0 fully saturated rings. The van der Waals surface area contributed by atoms with Crippen LogP contribution in [0.5, 0.6) is 0 Å². The highest BCUT2D eigenvalue weighted by molar-refractivity contribution is 6.13. The van der Waals surface area contributed by atoms with Crippen molar-refractivity contribution in [3.8, 4) is 0 Å². The van der Waals surface area contributed by atoms with Gasteiger partial charge < -0.3 is 4.74 Å². The van der Waals surface area contributed by atoms with Gasteiger partial charge in [-0.1, -0.05) is 61.5 Å². The van der Waals surface area contributed by atoms with E-state index in [4.69, 9.17) is 4.74 Å². The molecule has 0 aliphatic rings. The van der Waals surface area contributed by atoms with Crippen LogP contribution in [0.2, 0.25) is 0 Å². The first kappa shape index (κ1) is 14.2. The van der Waals surface area contributed by atoms with Crippen molar-refractivity contribution in [2.75, 3.05) is 6.61 Å². The second kappa shape index (κ2) is 6.02. The fourth-order valence-electron chi connectivity index (χ4n) is 3.33. The van der Waals surface area contributed by atoms with Gasteiger partial charge in [0.05, 0.1) is 6.61 Å². The number of hydrogen-bond donors (Lipinski definition) is 0. The molecule has 0 aliphatic carbocycles. The summed E-state index contributed by atoms with van der Waals surface area (Å²) >= 11 is 0. The average molecular weight is 300 g/mol. The minimum atomic E-state index is 0.678. The maximum Gasteiger partial charge on any atom is 0.0723 e. The summed E-state index contributed by atoms with van der Waals surface area (Å²) in [7, 11) is 0. The summed E-state index contributed by atoms with van der Waals surface area (Å²) in [5.41, 5.74) is 1.27. The summed E-state index contributed by atoms with van der Waals surface area (Å²) < 4.78 is 5.81. The van der Waals surface area contributed by atoms with Crippen LogP contribution in [-0.2, 0) is 11.3 Å². The Morgan fingerprint density at radius 2 is 1.48 bits per heavy atom. The number of hydrogen-bond acceptors (Lipinski definition) is 1. The lowest BCUT2D eigenvalue weighted by molar-refractivity contribution is 0.122. The van der Waals surface area contributed by atoms with Gasteiger partial charge in [0.1, 0.15) is 0 Å². The van der Waals surface area contributed by atoms with Crippen molar-refractivity contribution in [3.05, 3.63) is 72.3 Å². The second-order valence-electron chi connectivity index (χ2n) is 6.05. The molecule has 0 bridgehead atoms. The molecule has 0 unspecified atom stereocenters. The van der Waals surface area contributed by atoms with Crippen LogP contribution in [0.4, 0.5) is 0 Å². The summed E-state index contributed by atoms with van der Waals surface area (Å²) in [6.45, 7) is 3.63. The largest absolute Gasteiger partial charge is 0.377 e. The van der Waals surface area contributed by atoms with E-state index in [0.717, 1.165) is 13.0 Å². The van der Waals surface area contributed by atoms with Crippen molar-refractivity contribution >= 4 is 32.3 Å². The van der Waals surface area contributed by atoms with Crippen LogP contribution in [-0.4, -0.2) is 6.61 Å². The Bertz CT molecular complexity index is 985. The van der Waals surface area contributed by atoms with Crippen LogP contribution in [0.1, 0.15) is 18.9 Å². The molecule has 0 aromatic heterocycles. The minimum absolute atomic E-state index is 0.678. The monoisotopic (exact) mass is 300 g/mol. The molecule has 1 heteroatoms. The molecule has 0 saturated carbocycles. The molecule has 114 valence electrons. The van der Waals surface area contributed by atoms with Gasteiger partial charge in [0, 0.05) is 6.61 Å². The number of ether oxygens (including phenoxy) is 1. The zero-order valence-corrected chi connectivity index (χ0v) is 13.4. The quantitative estimate of drug-likeness (QED) is 0.252. The third-order valence-corrected chi connectivity index (χ3v) is 4.42. The Kier molecular flexibility index (Phi) is 3.72. The fourth-order valence-corrected chi connectivity index (χ4v) is 3.33. The van der Waals surface area contributed by atoms with Crippen molar-refractivity contribution in [2.24, 2.45) is 0 Å². The molecule has 0 saturated heterocycles. The van der Waals surface area contributed by atoms with E-state index in [1.54, 1.807) is 0 Å². The molecule has 1 nitrogen and oxygen atoms in total. The molecular weight excluding hydrogens is 280 g/mol. The molecule has 23 heavy (non-hydrogen) atoms. The smallest absolute Gasteiger partial charge is 0.0723 e. The Balaban J connectivity index is 1.99. The normalized spacial score (nSPS) is 11.5. The van der Waals surface area contributed by atoms with Crippen molar-refractivity contribution in [1.82, 2.24) is 0 Å². The van der Waals surface area contributed by atoms with E-state index in [9.17, 15) is 0 Å². The SMILES string of the molecule is CCCOCc1cccc2ccc3cc4ccccc4cc3c12. The zero-order valence-electron chi connectivity index (χ0n) is 13.4. The Morgan fingerprint density at radius 3 is 2.30 bits per heavy atom. The zero-order chi connectivity index (χ0) is 15.6. The van der Waals surface area contributed by atoms with Gasteiger partial charge >= 0.3 is 0 Å². The molecule has 0 atom stereocenters. The molecule has 0 radical (unpaired) electrons. The second-order valence-corrected chi connectivity index (χ2v) is 6.05. The van der Waals surface area contributed by atoms with E-state index >= 15 is 0 Å². The van der Waals surface area contributed by atoms with E-state index < -0.39 is 0 Å². The van der Waals surface area contributed by atoms with Crippen LogP contribution in [0.15, 0.2) is 66.7 Å². The van der Waals surface area contributed by atoms with E-state index in [1.165, 1.54) is 37.9 Å². The van der Waals surface area contributed by atoms with Gasteiger partial charge in [-0.05, 0) is 56.4 Å². The molecule has 0 N–H and O–H groups in total. The summed E-state index contributed by atoms with van der Waals surface area (Å²) in [6.07, 6.45) is 1.05. The van der Waals surface area contributed by atoms with Gasteiger partial charge in [-0.25, -0.2) is 0 Å². The average Bonchev–Trinajstić information content (AvgIpc) is 2.60. The molecule has 0 spiro atoms. The Hall–Kier alpha value is -2.38. The first-order valence-corrected chi connectivity index (χ1v) is 8.27. The van der Waals surface area contributed by atoms with Crippen molar-refractivity contribution in [2.45, 2.75) is 20.0 Å². The standard InChI is InChI=1S/C22H20O/c1-2-12-23-15-20-9-5-8-16-10-11-19-13-17-6-3-4-7-18(17)14-21(19)22(16)20/h3-11,13-14H,2,12,15H2,1H3. The van der Waals surface area contributed by atoms with Crippen molar-refractivity contribution in [1.29, 1.82) is 0 Å². The van der Waals surface area contributed by atoms with Gasteiger partial charge in [-0.3, -0.25) is 0 Å². The van der Waals surface area contributed by atoms with E-state index in [-0.39, 0.29) is 0 Å². The Morgan fingerprint density at radius 1 is 0.739 bits per heavy atom. The van der Waals surface area contributed by atoms with Crippen LogP contribution in [0.3, 0.4) is 0 Å². The molecule has 0 amide bonds. The maximum atomic E-state index is 5.81. The summed E-state index contributed by atoms with van der Waals surface area (Å²) in [6, 6.07) is 24.1. The van der Waals surface area contributed by atoms with E-state index in [2.05, 4.69) is 73.7 Å². The highest BCUT2D eigenvalue weighted by Gasteiger charge is 2.07. The third kappa shape index (κ3) is 2.58. The summed E-state index contributed by atoms with van der Waals surface area (Å²) in [5.74, 6) is 0. The summed E-state index contributed by atoms with van der Waals surface area (Å²) in [5, 5.41) is 7.80.